The van der Waals surface area contributed by atoms with Crippen LogP contribution in [0.15, 0.2) is 17.6 Å². The number of nitrogens with zero attached hydrogens (tertiary/aromatic N) is 1. The number of hydrogen-bond acceptors (Lipinski definition) is 4. The molecule has 1 rings (SSSR count). The summed E-state index contributed by atoms with van der Waals surface area (Å²) in [4.78, 5) is 4.22. The third kappa shape index (κ3) is 2.54. The topological polar surface area (TPSA) is 69.4 Å². The SMILES string of the molecule is C=CCN=C1[NH2+]C(CO)(CO)CS1. The summed E-state index contributed by atoms with van der Waals surface area (Å²) in [5.41, 5.74) is -0.468. The molecule has 0 aromatic heterocycles. The highest BCUT2D eigenvalue weighted by molar-refractivity contribution is 8.13. The second kappa shape index (κ2) is 4.76. The molecule has 0 saturated carbocycles. The van der Waals surface area contributed by atoms with Crippen LogP contribution in [0.5, 0.6) is 0 Å². The number of nitrogens with two attached hydrogens (primary N) is 1. The van der Waals surface area contributed by atoms with Crippen molar-refractivity contribution in [1.82, 2.24) is 0 Å². The molecule has 0 amide bonds. The zero-order valence-corrected chi connectivity index (χ0v) is 8.26. The molecule has 0 bridgehead atoms. The van der Waals surface area contributed by atoms with E-state index in [1.54, 1.807) is 17.8 Å². The number of aliphatic hydroxyl groups excluding tert-OH is 2. The lowest BCUT2D eigenvalue weighted by Gasteiger charge is -2.17. The van der Waals surface area contributed by atoms with E-state index in [2.05, 4.69) is 11.6 Å². The van der Waals surface area contributed by atoms with Gasteiger partial charge in [-0.25, -0.2) is 4.99 Å². The van der Waals surface area contributed by atoms with Crippen molar-refractivity contribution in [3.05, 3.63) is 12.7 Å². The summed E-state index contributed by atoms with van der Waals surface area (Å²) in [6.45, 7) is 4.11. The average Bonchev–Trinajstić information content (AvgIpc) is 2.59. The number of quaternary nitrogens is 1. The monoisotopic (exact) mass is 203 g/mol. The molecule has 5 heteroatoms. The minimum Gasteiger partial charge on any atom is -0.390 e. The van der Waals surface area contributed by atoms with Crippen LogP contribution < -0.4 is 5.32 Å². The predicted octanol–water partition coefficient (Wildman–Crippen LogP) is -1.44. The fraction of sp³-hybridized carbons (Fsp3) is 0.625. The maximum atomic E-state index is 9.08. The molecule has 4 nitrogen and oxygen atoms in total. The zero-order valence-electron chi connectivity index (χ0n) is 7.44. The van der Waals surface area contributed by atoms with Crippen LogP contribution in [0.4, 0.5) is 0 Å². The lowest BCUT2D eigenvalue weighted by Crippen LogP contribution is -2.98. The van der Waals surface area contributed by atoms with E-state index >= 15 is 0 Å². The molecule has 0 aromatic rings. The third-order valence-electron chi connectivity index (χ3n) is 1.94. The van der Waals surface area contributed by atoms with Crippen LogP contribution in [0.2, 0.25) is 0 Å². The molecular weight excluding hydrogens is 188 g/mol. The van der Waals surface area contributed by atoms with E-state index in [1.165, 1.54) is 0 Å². The average molecular weight is 203 g/mol. The highest BCUT2D eigenvalue weighted by Gasteiger charge is 2.41. The predicted molar refractivity (Wildman–Crippen MR) is 53.8 cm³/mol. The maximum Gasteiger partial charge on any atom is 0.256 e. The van der Waals surface area contributed by atoms with Crippen molar-refractivity contribution < 1.29 is 15.5 Å². The van der Waals surface area contributed by atoms with E-state index in [0.29, 0.717) is 12.3 Å². The van der Waals surface area contributed by atoms with E-state index in [0.717, 1.165) is 5.17 Å². The van der Waals surface area contributed by atoms with E-state index in [4.69, 9.17) is 10.2 Å². The Morgan fingerprint density at radius 1 is 1.62 bits per heavy atom. The van der Waals surface area contributed by atoms with Gasteiger partial charge in [-0.05, 0) is 11.8 Å². The van der Waals surface area contributed by atoms with Crippen LogP contribution in [0.1, 0.15) is 0 Å². The minimum absolute atomic E-state index is 0.0242. The number of hydrogen-bond donors (Lipinski definition) is 3. The summed E-state index contributed by atoms with van der Waals surface area (Å²) in [6.07, 6.45) is 1.72. The van der Waals surface area contributed by atoms with Gasteiger partial charge < -0.3 is 10.2 Å². The normalized spacial score (nSPS) is 23.7. The van der Waals surface area contributed by atoms with Crippen molar-refractivity contribution in [1.29, 1.82) is 0 Å². The standard InChI is InChI=1S/C8H14N2O2S/c1-2-3-9-7-10-8(4-11,5-12)6-13-7/h2,11-12H,1,3-6H2,(H,9,10)/p+1. The summed E-state index contributed by atoms with van der Waals surface area (Å²) in [6, 6.07) is 0. The Balaban J connectivity index is 2.56. The van der Waals surface area contributed by atoms with Crippen molar-refractivity contribution in [2.75, 3.05) is 25.5 Å². The van der Waals surface area contributed by atoms with Crippen LogP contribution in [0.25, 0.3) is 0 Å². The van der Waals surface area contributed by atoms with Crippen LogP contribution in [-0.4, -0.2) is 46.4 Å². The molecule has 0 spiro atoms. The Labute approximate surface area is 81.8 Å². The fourth-order valence-corrected chi connectivity index (χ4v) is 2.24. The first-order valence-electron chi connectivity index (χ1n) is 4.12. The lowest BCUT2D eigenvalue weighted by atomic mass is 10.1. The molecule has 0 aliphatic carbocycles. The molecule has 74 valence electrons. The molecule has 4 N–H and O–H groups in total. The van der Waals surface area contributed by atoms with Crippen LogP contribution in [0.3, 0.4) is 0 Å². The van der Waals surface area contributed by atoms with Gasteiger partial charge in [0.05, 0.1) is 12.3 Å². The number of rotatable bonds is 4. The summed E-state index contributed by atoms with van der Waals surface area (Å²) in [5, 5.41) is 20.9. The van der Waals surface area contributed by atoms with Crippen LogP contribution >= 0.6 is 11.8 Å². The van der Waals surface area contributed by atoms with Gasteiger partial charge >= 0.3 is 0 Å². The molecule has 0 atom stereocenters. The van der Waals surface area contributed by atoms with Crippen molar-refractivity contribution in [2.45, 2.75) is 5.54 Å². The Hall–Kier alpha value is -0.360. The second-order valence-electron chi connectivity index (χ2n) is 3.08. The van der Waals surface area contributed by atoms with Crippen molar-refractivity contribution in [3.63, 3.8) is 0 Å². The summed E-state index contributed by atoms with van der Waals surface area (Å²) in [5.74, 6) is 0.704. The molecule has 0 radical (unpaired) electrons. The highest BCUT2D eigenvalue weighted by atomic mass is 32.2. The van der Waals surface area contributed by atoms with Crippen molar-refractivity contribution >= 4 is 16.9 Å². The number of amidine groups is 1. The first-order chi connectivity index (χ1) is 6.26. The quantitative estimate of drug-likeness (QED) is 0.490. The van der Waals surface area contributed by atoms with Gasteiger partial charge in [0.1, 0.15) is 13.2 Å². The molecule has 1 fully saturated rings. The highest BCUT2D eigenvalue weighted by Crippen LogP contribution is 2.15. The Morgan fingerprint density at radius 3 is 2.77 bits per heavy atom. The van der Waals surface area contributed by atoms with Gasteiger partial charge in [0.15, 0.2) is 5.54 Å². The Bertz CT molecular complexity index is 214. The fourth-order valence-electron chi connectivity index (χ4n) is 1.04. The van der Waals surface area contributed by atoms with E-state index in [-0.39, 0.29) is 13.2 Å². The van der Waals surface area contributed by atoms with Gasteiger partial charge in [-0.1, -0.05) is 6.08 Å². The molecule has 0 aromatic carbocycles. The summed E-state index contributed by atoms with van der Waals surface area (Å²) >= 11 is 1.57. The number of aliphatic hydroxyl groups is 2. The van der Waals surface area contributed by atoms with Gasteiger partial charge in [0, 0.05) is 0 Å². The van der Waals surface area contributed by atoms with Gasteiger partial charge in [-0.2, -0.15) is 0 Å². The molecule has 1 heterocycles. The van der Waals surface area contributed by atoms with Crippen molar-refractivity contribution in [2.24, 2.45) is 4.99 Å². The van der Waals surface area contributed by atoms with Crippen molar-refractivity contribution in [3.8, 4) is 0 Å². The maximum absolute atomic E-state index is 9.08. The van der Waals surface area contributed by atoms with Gasteiger partial charge in [0.2, 0.25) is 0 Å². The van der Waals surface area contributed by atoms with Gasteiger partial charge in [-0.3, -0.25) is 5.32 Å². The third-order valence-corrected chi connectivity index (χ3v) is 3.21. The Morgan fingerprint density at radius 2 is 2.31 bits per heavy atom. The minimum atomic E-state index is -0.468. The molecule has 1 saturated heterocycles. The van der Waals surface area contributed by atoms with Gasteiger partial charge in [0.25, 0.3) is 5.17 Å². The smallest absolute Gasteiger partial charge is 0.256 e. The molecular formula is C8H15N2O2S+. The number of aliphatic imine (C=N–C) groups is 1. The van der Waals surface area contributed by atoms with Crippen LogP contribution in [-0.2, 0) is 0 Å². The zero-order chi connectivity index (χ0) is 9.73. The molecule has 1 aliphatic heterocycles. The van der Waals surface area contributed by atoms with E-state index in [1.807, 2.05) is 5.32 Å². The first kappa shape index (κ1) is 10.7. The van der Waals surface area contributed by atoms with Gasteiger partial charge in [-0.15, -0.1) is 6.58 Å². The lowest BCUT2D eigenvalue weighted by molar-refractivity contribution is -0.617. The molecule has 0 unspecified atom stereocenters. The molecule has 1 aliphatic rings. The number of thioether (sulfide) groups is 1. The first-order valence-corrected chi connectivity index (χ1v) is 5.11. The molecule has 13 heavy (non-hydrogen) atoms. The Kier molecular flexibility index (Phi) is 3.92. The van der Waals surface area contributed by atoms with E-state index in [9.17, 15) is 0 Å². The van der Waals surface area contributed by atoms with Crippen LogP contribution in [0, 0.1) is 0 Å². The van der Waals surface area contributed by atoms with E-state index < -0.39 is 5.54 Å². The summed E-state index contributed by atoms with van der Waals surface area (Å²) in [7, 11) is 0. The largest absolute Gasteiger partial charge is 0.390 e. The summed E-state index contributed by atoms with van der Waals surface area (Å²) < 4.78 is 0. The second-order valence-corrected chi connectivity index (χ2v) is 4.07.